The van der Waals surface area contributed by atoms with Crippen molar-refractivity contribution in [3.8, 4) is 0 Å². The number of fused-ring (bicyclic) bond motifs is 1. The molecule has 0 aliphatic carbocycles. The molecule has 0 amide bonds. The Hall–Kier alpha value is -0.830. The van der Waals surface area contributed by atoms with Gasteiger partial charge < -0.3 is 4.98 Å². The fourth-order valence-corrected chi connectivity index (χ4v) is 1.33. The molecular formula is C7H4BrN2. The summed E-state index contributed by atoms with van der Waals surface area (Å²) in [5.41, 5.74) is 1.00. The number of nitrogens with one attached hydrogen (secondary N) is 1. The molecule has 2 aromatic heterocycles. The molecular weight excluding hydrogens is 192 g/mol. The van der Waals surface area contributed by atoms with Gasteiger partial charge in [0.25, 0.3) is 0 Å². The summed E-state index contributed by atoms with van der Waals surface area (Å²) in [5.74, 6) is 0. The van der Waals surface area contributed by atoms with Gasteiger partial charge in [0.2, 0.25) is 0 Å². The highest BCUT2D eigenvalue weighted by molar-refractivity contribution is 9.10. The van der Waals surface area contributed by atoms with E-state index >= 15 is 0 Å². The third-order valence-corrected chi connectivity index (χ3v) is 1.95. The van der Waals surface area contributed by atoms with Gasteiger partial charge >= 0.3 is 0 Å². The highest BCUT2D eigenvalue weighted by atomic mass is 79.9. The molecule has 1 N–H and O–H groups in total. The van der Waals surface area contributed by atoms with Gasteiger partial charge in [-0.2, -0.15) is 0 Å². The number of pyridine rings is 1. The molecule has 1 radical (unpaired) electrons. The lowest BCUT2D eigenvalue weighted by molar-refractivity contribution is 1.29. The van der Waals surface area contributed by atoms with Gasteiger partial charge in [0.05, 0.1) is 5.52 Å². The molecule has 10 heavy (non-hydrogen) atoms. The van der Waals surface area contributed by atoms with Crippen LogP contribution < -0.4 is 0 Å². The number of halogens is 1. The Labute approximate surface area is 66.4 Å². The van der Waals surface area contributed by atoms with Crippen molar-refractivity contribution in [3.63, 3.8) is 0 Å². The average Bonchev–Trinajstić information content (AvgIpc) is 2.36. The summed E-state index contributed by atoms with van der Waals surface area (Å²) in [4.78, 5) is 7.07. The lowest BCUT2D eigenvalue weighted by Gasteiger charge is -1.89. The lowest BCUT2D eigenvalue weighted by Crippen LogP contribution is -1.74. The molecule has 0 unspecified atom stereocenters. The van der Waals surface area contributed by atoms with E-state index in [0.29, 0.717) is 0 Å². The first-order valence-electron chi connectivity index (χ1n) is 2.87. The highest BCUT2D eigenvalue weighted by Crippen LogP contribution is 2.18. The van der Waals surface area contributed by atoms with E-state index in [2.05, 4.69) is 32.0 Å². The van der Waals surface area contributed by atoms with Crippen molar-refractivity contribution in [1.29, 1.82) is 0 Å². The quantitative estimate of drug-likeness (QED) is 0.642. The number of aromatic amines is 1. The first-order chi connectivity index (χ1) is 4.88. The van der Waals surface area contributed by atoms with Crippen molar-refractivity contribution in [1.82, 2.24) is 9.97 Å². The van der Waals surface area contributed by atoms with Crippen molar-refractivity contribution in [2.45, 2.75) is 0 Å². The monoisotopic (exact) mass is 195 g/mol. The second-order valence-electron chi connectivity index (χ2n) is 1.96. The maximum Gasteiger partial charge on any atom is 0.130 e. The van der Waals surface area contributed by atoms with Crippen LogP contribution in [0.25, 0.3) is 10.9 Å². The zero-order valence-corrected chi connectivity index (χ0v) is 6.64. The average molecular weight is 196 g/mol. The van der Waals surface area contributed by atoms with E-state index in [4.69, 9.17) is 0 Å². The van der Waals surface area contributed by atoms with Crippen LogP contribution in [0.2, 0.25) is 0 Å². The van der Waals surface area contributed by atoms with Crippen molar-refractivity contribution < 1.29 is 0 Å². The zero-order chi connectivity index (χ0) is 6.97. The summed E-state index contributed by atoms with van der Waals surface area (Å²) in [6.07, 6.45) is 3.52. The second-order valence-corrected chi connectivity index (χ2v) is 2.71. The molecule has 0 atom stereocenters. The van der Waals surface area contributed by atoms with Crippen molar-refractivity contribution >= 4 is 26.8 Å². The van der Waals surface area contributed by atoms with Gasteiger partial charge in [0.1, 0.15) is 4.60 Å². The fourth-order valence-electron chi connectivity index (χ4n) is 0.880. The highest BCUT2D eigenvalue weighted by Gasteiger charge is 1.97. The molecule has 3 heteroatoms. The number of rotatable bonds is 0. The molecule has 0 aliphatic heterocycles. The van der Waals surface area contributed by atoms with Gasteiger partial charge in [-0.1, -0.05) is 0 Å². The molecule has 0 saturated carbocycles. The predicted molar refractivity (Wildman–Crippen MR) is 42.6 cm³/mol. The molecule has 0 fully saturated rings. The first kappa shape index (κ1) is 5.92. The minimum atomic E-state index is 0.839. The van der Waals surface area contributed by atoms with E-state index < -0.39 is 0 Å². The van der Waals surface area contributed by atoms with Gasteiger partial charge in [-0.3, -0.25) is 0 Å². The summed E-state index contributed by atoms with van der Waals surface area (Å²) in [7, 11) is 0. The van der Waals surface area contributed by atoms with Crippen LogP contribution in [-0.4, -0.2) is 9.97 Å². The summed E-state index contributed by atoms with van der Waals surface area (Å²) < 4.78 is 0.839. The maximum absolute atomic E-state index is 4.04. The molecule has 0 aliphatic rings. The molecule has 2 heterocycles. The molecule has 2 aromatic rings. The molecule has 0 saturated heterocycles. The van der Waals surface area contributed by atoms with Crippen LogP contribution >= 0.6 is 15.9 Å². The summed E-state index contributed by atoms with van der Waals surface area (Å²) in [6.45, 7) is 0. The van der Waals surface area contributed by atoms with E-state index in [9.17, 15) is 0 Å². The molecule has 2 nitrogen and oxygen atoms in total. The van der Waals surface area contributed by atoms with Gasteiger partial charge in [-0.15, -0.1) is 0 Å². The lowest BCUT2D eigenvalue weighted by atomic mass is 10.3. The summed E-state index contributed by atoms with van der Waals surface area (Å²) in [6, 6.07) is 4.95. The number of hydrogen-bond acceptors (Lipinski definition) is 1. The number of nitrogens with zero attached hydrogens (tertiary/aromatic N) is 1. The number of H-pyrrole nitrogens is 1. The van der Waals surface area contributed by atoms with E-state index in [-0.39, 0.29) is 0 Å². The van der Waals surface area contributed by atoms with Gasteiger partial charge in [-0.05, 0) is 22.0 Å². The smallest absolute Gasteiger partial charge is 0.130 e. The second kappa shape index (κ2) is 2.09. The minimum Gasteiger partial charge on any atom is -0.358 e. The Kier molecular flexibility index (Phi) is 1.24. The topological polar surface area (TPSA) is 28.7 Å². The molecule has 2 rings (SSSR count). The fraction of sp³-hybridized carbons (Fsp3) is 0. The van der Waals surface area contributed by atoms with Crippen LogP contribution in [-0.2, 0) is 0 Å². The number of hydrogen-bond donors (Lipinski definition) is 1. The van der Waals surface area contributed by atoms with Crippen LogP contribution in [0, 0.1) is 6.07 Å². The van der Waals surface area contributed by atoms with Crippen molar-refractivity contribution in [2.24, 2.45) is 0 Å². The third-order valence-electron chi connectivity index (χ3n) is 1.35. The summed E-state index contributed by atoms with van der Waals surface area (Å²) >= 11 is 3.31. The SMILES string of the molecule is Brc1nccc2[c]c[nH]c12. The van der Waals surface area contributed by atoms with Crippen LogP contribution in [0.4, 0.5) is 0 Å². The van der Waals surface area contributed by atoms with Gasteiger partial charge in [0.15, 0.2) is 0 Å². The Bertz CT molecular complexity index is 353. The van der Waals surface area contributed by atoms with E-state index in [1.54, 1.807) is 12.4 Å². The van der Waals surface area contributed by atoms with E-state index in [1.807, 2.05) is 6.07 Å². The molecule has 0 aromatic carbocycles. The molecule has 0 bridgehead atoms. The predicted octanol–water partition coefficient (Wildman–Crippen LogP) is 2.13. The Morgan fingerprint density at radius 2 is 2.50 bits per heavy atom. The van der Waals surface area contributed by atoms with Crippen molar-refractivity contribution in [2.75, 3.05) is 0 Å². The Morgan fingerprint density at radius 3 is 3.30 bits per heavy atom. The standard InChI is InChI=1S/C7H4BrN2/c8-7-6-5(1-3-9-6)2-4-10-7/h2-4,9H. The number of aromatic nitrogens is 2. The first-order valence-corrected chi connectivity index (χ1v) is 3.66. The zero-order valence-electron chi connectivity index (χ0n) is 5.06. The van der Waals surface area contributed by atoms with Crippen molar-refractivity contribution in [3.05, 3.63) is 29.1 Å². The van der Waals surface area contributed by atoms with Gasteiger partial charge in [0, 0.05) is 23.8 Å². The minimum absolute atomic E-state index is 0.839. The normalized spacial score (nSPS) is 10.5. The molecule has 49 valence electrons. The molecule has 0 spiro atoms. The largest absolute Gasteiger partial charge is 0.358 e. The van der Waals surface area contributed by atoms with Crippen LogP contribution in [0.15, 0.2) is 23.1 Å². The van der Waals surface area contributed by atoms with Crippen LogP contribution in [0.5, 0.6) is 0 Å². The van der Waals surface area contributed by atoms with Gasteiger partial charge in [-0.25, -0.2) is 4.98 Å². The summed E-state index contributed by atoms with van der Waals surface area (Å²) in [5, 5.41) is 1.06. The third kappa shape index (κ3) is 0.743. The van der Waals surface area contributed by atoms with Crippen LogP contribution in [0.1, 0.15) is 0 Å². The van der Waals surface area contributed by atoms with Crippen LogP contribution in [0.3, 0.4) is 0 Å². The Balaban J connectivity index is 2.95. The van der Waals surface area contributed by atoms with E-state index in [0.717, 1.165) is 15.5 Å². The Morgan fingerprint density at radius 1 is 1.60 bits per heavy atom. The maximum atomic E-state index is 4.04. The van der Waals surface area contributed by atoms with E-state index in [1.165, 1.54) is 0 Å².